The SMILES string of the molecule is CC(C)C(=O)OCOC(=O)/C(NN)=C(/N)Oc1ccc(Cl)c(Cl)c1. The normalized spacial score (nSPS) is 11.6. The number of esters is 2. The third-order valence-corrected chi connectivity index (χ3v) is 3.32. The molecule has 0 radical (unpaired) electrons. The van der Waals surface area contributed by atoms with Crippen molar-refractivity contribution in [3.63, 3.8) is 0 Å². The van der Waals surface area contributed by atoms with Gasteiger partial charge >= 0.3 is 11.9 Å². The molecule has 10 heteroatoms. The smallest absolute Gasteiger partial charge is 0.364 e. The maximum absolute atomic E-state index is 11.9. The molecule has 0 aliphatic rings. The Balaban J connectivity index is 2.73. The van der Waals surface area contributed by atoms with Gasteiger partial charge in [0.25, 0.3) is 0 Å². The monoisotopic (exact) mass is 377 g/mol. The Kier molecular flexibility index (Phi) is 7.63. The number of carbonyl (C=O) groups excluding carboxylic acids is 2. The zero-order valence-corrected chi connectivity index (χ0v) is 14.5. The van der Waals surface area contributed by atoms with E-state index in [0.717, 1.165) is 0 Å². The van der Waals surface area contributed by atoms with Gasteiger partial charge in [-0.3, -0.25) is 10.6 Å². The molecule has 8 nitrogen and oxygen atoms in total. The number of benzene rings is 1. The first-order chi connectivity index (χ1) is 11.3. The topological polar surface area (TPSA) is 126 Å². The van der Waals surface area contributed by atoms with Crippen molar-refractivity contribution in [1.29, 1.82) is 0 Å². The van der Waals surface area contributed by atoms with E-state index in [0.29, 0.717) is 5.02 Å². The van der Waals surface area contributed by atoms with E-state index in [1.54, 1.807) is 13.8 Å². The van der Waals surface area contributed by atoms with Gasteiger partial charge in [-0.25, -0.2) is 4.79 Å². The molecule has 0 amide bonds. The second-order valence-electron chi connectivity index (χ2n) is 4.73. The molecule has 1 aromatic rings. The van der Waals surface area contributed by atoms with Crippen molar-refractivity contribution >= 4 is 35.1 Å². The first kappa shape index (κ1) is 19.9. The maximum atomic E-state index is 11.9. The predicted molar refractivity (Wildman–Crippen MR) is 87.5 cm³/mol. The summed E-state index contributed by atoms with van der Waals surface area (Å²) >= 11 is 11.6. The highest BCUT2D eigenvalue weighted by atomic mass is 35.5. The van der Waals surface area contributed by atoms with Crippen LogP contribution in [0, 0.1) is 5.92 Å². The Hall–Kier alpha value is -2.16. The van der Waals surface area contributed by atoms with Gasteiger partial charge in [0.1, 0.15) is 5.75 Å². The lowest BCUT2D eigenvalue weighted by molar-refractivity contribution is -0.167. The van der Waals surface area contributed by atoms with Gasteiger partial charge in [-0.05, 0) is 12.1 Å². The molecule has 0 heterocycles. The third kappa shape index (κ3) is 5.80. The Morgan fingerprint density at radius 3 is 2.42 bits per heavy atom. The molecule has 1 aromatic carbocycles. The molecule has 0 spiro atoms. The lowest BCUT2D eigenvalue weighted by atomic mass is 10.2. The Bertz CT molecular complexity index is 649. The molecule has 0 bridgehead atoms. The van der Waals surface area contributed by atoms with Gasteiger partial charge in [0, 0.05) is 6.07 Å². The number of hydrazine groups is 1. The minimum atomic E-state index is -0.966. The fraction of sp³-hybridized carbons (Fsp3) is 0.286. The van der Waals surface area contributed by atoms with Crippen molar-refractivity contribution < 1.29 is 23.8 Å². The molecule has 24 heavy (non-hydrogen) atoms. The second kappa shape index (κ2) is 9.21. The summed E-state index contributed by atoms with van der Waals surface area (Å²) in [4.78, 5) is 23.1. The molecule has 0 aliphatic heterocycles. The third-order valence-electron chi connectivity index (χ3n) is 2.58. The number of hydrogen-bond acceptors (Lipinski definition) is 8. The molecule has 0 saturated heterocycles. The van der Waals surface area contributed by atoms with E-state index in [1.165, 1.54) is 18.2 Å². The number of nitrogens with one attached hydrogen (secondary N) is 1. The highest BCUT2D eigenvalue weighted by Crippen LogP contribution is 2.27. The summed E-state index contributed by atoms with van der Waals surface area (Å²) in [5.41, 5.74) is 7.36. The largest absolute Gasteiger partial charge is 0.439 e. The predicted octanol–water partition coefficient (Wildman–Crippen LogP) is 1.66. The lowest BCUT2D eigenvalue weighted by Gasteiger charge is -2.12. The number of nitrogens with two attached hydrogens (primary N) is 2. The van der Waals surface area contributed by atoms with Gasteiger partial charge in [0.05, 0.1) is 16.0 Å². The zero-order valence-electron chi connectivity index (χ0n) is 13.0. The molecule has 0 unspecified atom stereocenters. The number of halogens is 2. The lowest BCUT2D eigenvalue weighted by Crippen LogP contribution is -2.33. The fourth-order valence-corrected chi connectivity index (χ4v) is 1.62. The molecule has 0 aromatic heterocycles. The summed E-state index contributed by atoms with van der Waals surface area (Å²) in [6.07, 6.45) is 0. The van der Waals surface area contributed by atoms with E-state index in [1.807, 2.05) is 0 Å². The van der Waals surface area contributed by atoms with Crippen LogP contribution in [0.1, 0.15) is 13.8 Å². The minimum Gasteiger partial charge on any atom is -0.439 e. The van der Waals surface area contributed by atoms with Gasteiger partial charge in [-0.15, -0.1) is 0 Å². The molecule has 1 rings (SSSR count). The van der Waals surface area contributed by atoms with Crippen LogP contribution in [0.15, 0.2) is 29.8 Å². The molecule has 5 N–H and O–H groups in total. The van der Waals surface area contributed by atoms with E-state index < -0.39 is 18.7 Å². The van der Waals surface area contributed by atoms with Crippen LogP contribution in [-0.4, -0.2) is 18.7 Å². The molecular formula is C14H17Cl2N3O5. The highest BCUT2D eigenvalue weighted by Gasteiger charge is 2.18. The van der Waals surface area contributed by atoms with Gasteiger partial charge in [0.2, 0.25) is 12.7 Å². The molecule has 0 fully saturated rings. The van der Waals surface area contributed by atoms with Crippen LogP contribution in [0.4, 0.5) is 0 Å². The molecule has 0 atom stereocenters. The van der Waals surface area contributed by atoms with Crippen molar-refractivity contribution in [2.45, 2.75) is 13.8 Å². The number of rotatable bonds is 7. The average Bonchev–Trinajstić information content (AvgIpc) is 2.51. The van der Waals surface area contributed by atoms with Gasteiger partial charge in [-0.2, -0.15) is 0 Å². The summed E-state index contributed by atoms with van der Waals surface area (Å²) in [6.45, 7) is 2.70. The highest BCUT2D eigenvalue weighted by molar-refractivity contribution is 6.42. The van der Waals surface area contributed by atoms with E-state index >= 15 is 0 Å². The first-order valence-corrected chi connectivity index (χ1v) is 7.44. The van der Waals surface area contributed by atoms with Crippen molar-refractivity contribution in [1.82, 2.24) is 5.43 Å². The molecule has 132 valence electrons. The Morgan fingerprint density at radius 2 is 1.88 bits per heavy atom. The Labute approximate surface area is 148 Å². The average molecular weight is 378 g/mol. The standard InChI is InChI=1S/C14H17Cl2N3O5/c1-7(2)13(20)22-6-23-14(21)11(19-18)12(17)24-8-3-4-9(15)10(16)5-8/h3-5,7,19H,6,17-18H2,1-2H3/b12-11+. The summed E-state index contributed by atoms with van der Waals surface area (Å²) in [5.74, 6) is 3.27. The van der Waals surface area contributed by atoms with E-state index in [4.69, 9.17) is 49.0 Å². The molecule has 0 saturated carbocycles. The van der Waals surface area contributed by atoms with Gasteiger partial charge in [0.15, 0.2) is 5.70 Å². The summed E-state index contributed by atoms with van der Waals surface area (Å²) in [7, 11) is 0. The zero-order chi connectivity index (χ0) is 18.3. The van der Waals surface area contributed by atoms with Crippen molar-refractivity contribution in [3.05, 3.63) is 39.8 Å². The van der Waals surface area contributed by atoms with Crippen LogP contribution in [0.25, 0.3) is 0 Å². The quantitative estimate of drug-likeness (QED) is 0.163. The van der Waals surface area contributed by atoms with E-state index in [2.05, 4.69) is 5.43 Å². The van der Waals surface area contributed by atoms with Crippen LogP contribution >= 0.6 is 23.2 Å². The van der Waals surface area contributed by atoms with E-state index in [-0.39, 0.29) is 28.3 Å². The van der Waals surface area contributed by atoms with Crippen LogP contribution < -0.4 is 21.7 Å². The van der Waals surface area contributed by atoms with Crippen molar-refractivity contribution in [2.24, 2.45) is 17.5 Å². The van der Waals surface area contributed by atoms with Gasteiger partial charge in [-0.1, -0.05) is 37.0 Å². The van der Waals surface area contributed by atoms with Crippen LogP contribution in [0.5, 0.6) is 5.75 Å². The van der Waals surface area contributed by atoms with E-state index in [9.17, 15) is 9.59 Å². The van der Waals surface area contributed by atoms with Gasteiger partial charge < -0.3 is 25.4 Å². The summed E-state index contributed by atoms with van der Waals surface area (Å²) < 4.78 is 14.7. The first-order valence-electron chi connectivity index (χ1n) is 6.69. The van der Waals surface area contributed by atoms with Crippen molar-refractivity contribution in [3.8, 4) is 5.75 Å². The number of carbonyl (C=O) groups is 2. The number of hydrogen-bond donors (Lipinski definition) is 3. The summed E-state index contributed by atoms with van der Waals surface area (Å²) in [6, 6.07) is 4.39. The minimum absolute atomic E-state index is 0.230. The van der Waals surface area contributed by atoms with Crippen LogP contribution in [0.3, 0.4) is 0 Å². The number of ether oxygens (including phenoxy) is 3. The van der Waals surface area contributed by atoms with Crippen LogP contribution in [0.2, 0.25) is 10.0 Å². The molecule has 0 aliphatic carbocycles. The molecular weight excluding hydrogens is 361 g/mol. The van der Waals surface area contributed by atoms with Crippen LogP contribution in [-0.2, 0) is 19.1 Å². The maximum Gasteiger partial charge on any atom is 0.364 e. The summed E-state index contributed by atoms with van der Waals surface area (Å²) in [5, 5.41) is 0.572. The van der Waals surface area contributed by atoms with Crippen molar-refractivity contribution in [2.75, 3.05) is 6.79 Å². The fourth-order valence-electron chi connectivity index (χ4n) is 1.33. The Morgan fingerprint density at radius 1 is 1.21 bits per heavy atom. The second-order valence-corrected chi connectivity index (χ2v) is 5.54.